The smallest absolute Gasteiger partial charge is 0.303 e. The van der Waals surface area contributed by atoms with Crippen molar-refractivity contribution < 1.29 is 19.8 Å². The van der Waals surface area contributed by atoms with Gasteiger partial charge in [0.25, 0.3) is 0 Å². The van der Waals surface area contributed by atoms with Crippen molar-refractivity contribution in [1.82, 2.24) is 0 Å². The number of Topliss-reactive ketones (excluding diaryl/α,β-unsaturated/α-hetero) is 1. The van der Waals surface area contributed by atoms with Crippen LogP contribution >= 0.6 is 0 Å². The van der Waals surface area contributed by atoms with Crippen LogP contribution in [0.1, 0.15) is 177 Å². The van der Waals surface area contributed by atoms with Gasteiger partial charge >= 0.3 is 5.97 Å². The zero-order valence-electron chi connectivity index (χ0n) is 24.8. The molecule has 4 nitrogen and oxygen atoms in total. The summed E-state index contributed by atoms with van der Waals surface area (Å²) in [5.74, 6) is -0.735. The van der Waals surface area contributed by atoms with Crippen LogP contribution in [0.2, 0.25) is 0 Å². The fraction of sp³-hybridized carbons (Fsp3) is 0.765. The van der Waals surface area contributed by atoms with E-state index in [0.717, 1.165) is 49.7 Å². The van der Waals surface area contributed by atoms with Crippen molar-refractivity contribution in [2.45, 2.75) is 168 Å². The summed E-state index contributed by atoms with van der Waals surface area (Å²) in [6.07, 6.45) is 26.7. The van der Waals surface area contributed by atoms with E-state index in [0.29, 0.717) is 11.3 Å². The molecule has 0 saturated heterocycles. The number of aryl methyl sites for hydroxylation is 2. The first-order valence-corrected chi connectivity index (χ1v) is 16.1. The highest BCUT2D eigenvalue weighted by Crippen LogP contribution is 2.29. The molecule has 0 fully saturated rings. The minimum absolute atomic E-state index is 0.00943. The van der Waals surface area contributed by atoms with Crippen LogP contribution in [-0.2, 0) is 17.6 Å². The topological polar surface area (TPSA) is 74.6 Å². The average molecular weight is 531 g/mol. The van der Waals surface area contributed by atoms with Gasteiger partial charge in [0.15, 0.2) is 5.78 Å². The monoisotopic (exact) mass is 530 g/mol. The molecule has 218 valence electrons. The predicted octanol–water partition coefficient (Wildman–Crippen LogP) is 10.4. The van der Waals surface area contributed by atoms with Crippen LogP contribution in [0.5, 0.6) is 5.75 Å². The molecule has 0 unspecified atom stereocenters. The molecule has 1 aromatic rings. The van der Waals surface area contributed by atoms with Gasteiger partial charge in [-0.2, -0.15) is 0 Å². The van der Waals surface area contributed by atoms with Crippen molar-refractivity contribution in [1.29, 1.82) is 0 Å². The first kappa shape index (κ1) is 34.2. The zero-order chi connectivity index (χ0) is 27.8. The summed E-state index contributed by atoms with van der Waals surface area (Å²) < 4.78 is 0. The first-order valence-electron chi connectivity index (χ1n) is 16.1. The summed E-state index contributed by atoms with van der Waals surface area (Å²) in [4.78, 5) is 23.7. The van der Waals surface area contributed by atoms with E-state index in [1.165, 1.54) is 103 Å². The molecule has 0 aliphatic carbocycles. The van der Waals surface area contributed by atoms with Gasteiger partial charge in [0.1, 0.15) is 5.75 Å². The third kappa shape index (κ3) is 16.9. The third-order valence-corrected chi connectivity index (χ3v) is 7.76. The van der Waals surface area contributed by atoms with Crippen molar-refractivity contribution >= 4 is 11.8 Å². The molecule has 0 saturated carbocycles. The molecule has 0 bridgehead atoms. The number of unbranched alkanes of at least 4 members (excludes halogenated alkanes) is 18. The summed E-state index contributed by atoms with van der Waals surface area (Å²) in [5.41, 5.74) is 2.27. The quantitative estimate of drug-likeness (QED) is 0.0922. The Kier molecular flexibility index (Phi) is 20.8. The number of carbonyl (C=O) groups excluding carboxylic acids is 1. The summed E-state index contributed by atoms with van der Waals surface area (Å²) in [5, 5.41) is 20.0. The van der Waals surface area contributed by atoms with E-state index in [2.05, 4.69) is 13.8 Å². The number of carboxylic acids is 1. The van der Waals surface area contributed by atoms with E-state index in [1.54, 1.807) is 0 Å². The number of carbonyl (C=O) groups is 2. The molecule has 0 spiro atoms. The first-order chi connectivity index (χ1) is 18.5. The fourth-order valence-electron chi connectivity index (χ4n) is 5.27. The average Bonchev–Trinajstić information content (AvgIpc) is 2.90. The van der Waals surface area contributed by atoms with Crippen LogP contribution in [0, 0.1) is 0 Å². The van der Waals surface area contributed by atoms with Gasteiger partial charge in [0.05, 0.1) is 6.42 Å². The highest BCUT2D eigenvalue weighted by Gasteiger charge is 2.15. The van der Waals surface area contributed by atoms with Crippen molar-refractivity contribution in [3.05, 3.63) is 28.8 Å². The Morgan fingerprint density at radius 1 is 0.553 bits per heavy atom. The summed E-state index contributed by atoms with van der Waals surface area (Å²) in [6.45, 7) is 4.50. The van der Waals surface area contributed by atoms with Crippen LogP contribution in [0.4, 0.5) is 0 Å². The maximum atomic E-state index is 12.7. The number of phenols is 1. The minimum atomic E-state index is -0.951. The van der Waals surface area contributed by atoms with Crippen molar-refractivity contribution in [3.8, 4) is 5.75 Å². The molecule has 0 radical (unpaired) electrons. The van der Waals surface area contributed by atoms with Crippen LogP contribution in [0.3, 0.4) is 0 Å². The van der Waals surface area contributed by atoms with E-state index < -0.39 is 5.97 Å². The number of ketones is 1. The summed E-state index contributed by atoms with van der Waals surface area (Å²) in [6, 6.07) is 3.63. The largest absolute Gasteiger partial charge is 0.507 e. The predicted molar refractivity (Wildman–Crippen MR) is 160 cm³/mol. The lowest BCUT2D eigenvalue weighted by atomic mass is 9.93. The number of hydrogen-bond acceptors (Lipinski definition) is 3. The Morgan fingerprint density at radius 2 is 0.895 bits per heavy atom. The van der Waals surface area contributed by atoms with Gasteiger partial charge in [0.2, 0.25) is 0 Å². The van der Waals surface area contributed by atoms with Gasteiger partial charge in [-0.3, -0.25) is 9.59 Å². The van der Waals surface area contributed by atoms with E-state index in [9.17, 15) is 14.7 Å². The molecule has 2 N–H and O–H groups in total. The van der Waals surface area contributed by atoms with Crippen LogP contribution in [0.25, 0.3) is 0 Å². The van der Waals surface area contributed by atoms with E-state index in [4.69, 9.17) is 5.11 Å². The lowest BCUT2D eigenvalue weighted by molar-refractivity contribution is -0.136. The molecular formula is C34H58O4. The molecular weight excluding hydrogens is 472 g/mol. The summed E-state index contributed by atoms with van der Waals surface area (Å²) >= 11 is 0. The maximum absolute atomic E-state index is 12.7. The highest BCUT2D eigenvalue weighted by atomic mass is 16.4. The fourth-order valence-corrected chi connectivity index (χ4v) is 5.27. The second-order valence-corrected chi connectivity index (χ2v) is 11.3. The molecule has 1 rings (SSSR count). The molecule has 0 amide bonds. The Hall–Kier alpha value is -1.84. The van der Waals surface area contributed by atoms with Gasteiger partial charge in [-0.25, -0.2) is 0 Å². The molecule has 4 heteroatoms. The van der Waals surface area contributed by atoms with Crippen molar-refractivity contribution in [2.24, 2.45) is 0 Å². The maximum Gasteiger partial charge on any atom is 0.303 e. The number of phenolic OH excluding ortho intramolecular Hbond substituents is 1. The number of hydrogen-bond donors (Lipinski definition) is 2. The zero-order valence-corrected chi connectivity index (χ0v) is 24.8. The normalized spacial score (nSPS) is 11.2. The number of carboxylic acid groups (broad SMARTS) is 1. The molecule has 1 aromatic carbocycles. The third-order valence-electron chi connectivity index (χ3n) is 7.76. The van der Waals surface area contributed by atoms with Crippen molar-refractivity contribution in [2.75, 3.05) is 0 Å². The lowest BCUT2D eigenvalue weighted by Gasteiger charge is -2.13. The number of aromatic hydroxyl groups is 1. The van der Waals surface area contributed by atoms with Crippen molar-refractivity contribution in [3.63, 3.8) is 0 Å². The van der Waals surface area contributed by atoms with E-state index >= 15 is 0 Å². The Bertz CT molecular complexity index is 710. The van der Waals surface area contributed by atoms with Gasteiger partial charge in [0, 0.05) is 12.0 Å². The Labute approximate surface area is 234 Å². The van der Waals surface area contributed by atoms with E-state index in [-0.39, 0.29) is 18.6 Å². The molecule has 0 aliphatic rings. The molecule has 0 heterocycles. The molecule has 0 aliphatic heterocycles. The Morgan fingerprint density at radius 3 is 1.24 bits per heavy atom. The highest BCUT2D eigenvalue weighted by molar-refractivity contribution is 5.98. The second-order valence-electron chi connectivity index (χ2n) is 11.3. The molecule has 0 aromatic heterocycles. The lowest BCUT2D eigenvalue weighted by Crippen LogP contribution is -2.06. The standard InChI is InChI=1S/C34H58O4/c1-3-5-7-9-11-13-15-17-19-21-23-29-27-31(32(35)25-26-33(36)37)28-30(34(29)38)24-22-20-18-16-14-12-10-8-6-4-2/h27-28,38H,3-26H2,1-2H3,(H,36,37). The molecule has 38 heavy (non-hydrogen) atoms. The van der Waals surface area contributed by atoms with Gasteiger partial charge in [-0.15, -0.1) is 0 Å². The second kappa shape index (κ2) is 23.1. The van der Waals surface area contributed by atoms with Gasteiger partial charge in [-0.05, 0) is 48.9 Å². The Balaban J connectivity index is 2.53. The van der Waals surface area contributed by atoms with Crippen LogP contribution in [-0.4, -0.2) is 22.0 Å². The molecule has 0 atom stereocenters. The van der Waals surface area contributed by atoms with E-state index in [1.807, 2.05) is 12.1 Å². The van der Waals surface area contributed by atoms with Crippen LogP contribution < -0.4 is 0 Å². The summed E-state index contributed by atoms with van der Waals surface area (Å²) in [7, 11) is 0. The minimum Gasteiger partial charge on any atom is -0.507 e. The van der Waals surface area contributed by atoms with Gasteiger partial charge in [-0.1, -0.05) is 129 Å². The van der Waals surface area contributed by atoms with Crippen LogP contribution in [0.15, 0.2) is 12.1 Å². The SMILES string of the molecule is CCCCCCCCCCCCc1cc(C(=O)CCC(=O)O)cc(CCCCCCCCCCCC)c1O. The van der Waals surface area contributed by atoms with Gasteiger partial charge < -0.3 is 10.2 Å². The number of rotatable bonds is 26. The number of benzene rings is 1. The number of aliphatic carboxylic acids is 1.